The van der Waals surface area contributed by atoms with Crippen LogP contribution in [-0.4, -0.2) is 31.2 Å². The average molecular weight is 526 g/mol. The van der Waals surface area contributed by atoms with E-state index in [-0.39, 0.29) is 17.2 Å². The van der Waals surface area contributed by atoms with Gasteiger partial charge in [-0.1, -0.05) is 59.5 Å². The number of nitrogens with zero attached hydrogens (tertiary/aromatic N) is 3. The van der Waals surface area contributed by atoms with Gasteiger partial charge in [-0.05, 0) is 61.7 Å². The molecule has 0 radical (unpaired) electrons. The summed E-state index contributed by atoms with van der Waals surface area (Å²) in [5.41, 5.74) is 6.43. The molecular formula is C28H23N5O2S2. The zero-order chi connectivity index (χ0) is 25.7. The largest absolute Gasteiger partial charge is 0.349 e. The lowest BCUT2D eigenvalue weighted by molar-refractivity contribution is -0.113. The molecular weight excluding hydrogens is 502 g/mol. The fourth-order valence-electron chi connectivity index (χ4n) is 4.38. The van der Waals surface area contributed by atoms with Crippen LogP contribution in [0.25, 0.3) is 37.8 Å². The van der Waals surface area contributed by atoms with Crippen molar-refractivity contribution < 1.29 is 4.79 Å². The number of fused-ring (bicyclic) bond motifs is 4. The Bertz CT molecular complexity index is 1900. The number of thiazole rings is 1. The average Bonchev–Trinajstić information content (AvgIpc) is 3.45. The van der Waals surface area contributed by atoms with Crippen LogP contribution in [0, 0.1) is 20.8 Å². The number of hydrogen-bond donors (Lipinski definition) is 2. The quantitative estimate of drug-likeness (QED) is 0.209. The highest BCUT2D eigenvalue weighted by Gasteiger charge is 2.19. The second kappa shape index (κ2) is 9.17. The first-order valence-corrected chi connectivity index (χ1v) is 13.6. The van der Waals surface area contributed by atoms with Gasteiger partial charge in [0.25, 0.3) is 5.56 Å². The Morgan fingerprint density at radius 1 is 1.03 bits per heavy atom. The number of benzene rings is 3. The molecule has 0 fully saturated rings. The van der Waals surface area contributed by atoms with Crippen molar-refractivity contribution in [2.75, 3.05) is 11.1 Å². The lowest BCUT2D eigenvalue weighted by Crippen LogP contribution is -2.23. The molecule has 184 valence electrons. The molecule has 6 aromatic rings. The molecule has 0 saturated heterocycles. The smallest absolute Gasteiger partial charge is 0.283 e. The van der Waals surface area contributed by atoms with Gasteiger partial charge in [0.15, 0.2) is 10.3 Å². The number of aryl methyl sites for hydroxylation is 3. The first kappa shape index (κ1) is 23.4. The summed E-state index contributed by atoms with van der Waals surface area (Å²) >= 11 is 2.68. The lowest BCUT2D eigenvalue weighted by atomic mass is 10.1. The van der Waals surface area contributed by atoms with Crippen LogP contribution in [0.3, 0.4) is 0 Å². The molecule has 0 saturated carbocycles. The zero-order valence-electron chi connectivity index (χ0n) is 20.5. The van der Waals surface area contributed by atoms with Crippen molar-refractivity contribution in [3.63, 3.8) is 0 Å². The second-order valence-electron chi connectivity index (χ2n) is 9.05. The molecule has 0 aliphatic rings. The van der Waals surface area contributed by atoms with Crippen LogP contribution < -0.4 is 10.9 Å². The first-order chi connectivity index (χ1) is 17.9. The highest BCUT2D eigenvalue weighted by Crippen LogP contribution is 2.29. The Morgan fingerprint density at radius 3 is 2.68 bits per heavy atom. The molecule has 0 aliphatic carbocycles. The number of thioether (sulfide) groups is 1. The topological polar surface area (TPSA) is 92.7 Å². The van der Waals surface area contributed by atoms with Crippen molar-refractivity contribution >= 4 is 66.3 Å². The summed E-state index contributed by atoms with van der Waals surface area (Å²) in [7, 11) is 0. The summed E-state index contributed by atoms with van der Waals surface area (Å²) < 4.78 is 2.64. The number of carbonyl (C=O) groups is 1. The molecule has 0 unspecified atom stereocenters. The number of anilines is 1. The van der Waals surface area contributed by atoms with E-state index in [2.05, 4.69) is 21.4 Å². The van der Waals surface area contributed by atoms with Gasteiger partial charge in [0, 0.05) is 10.9 Å². The highest BCUT2D eigenvalue weighted by atomic mass is 32.2. The maximum absolute atomic E-state index is 13.8. The first-order valence-electron chi connectivity index (χ1n) is 11.8. The summed E-state index contributed by atoms with van der Waals surface area (Å²) in [5.74, 6) is -0.123. The third kappa shape index (κ3) is 4.30. The van der Waals surface area contributed by atoms with Crippen LogP contribution >= 0.6 is 23.1 Å². The van der Waals surface area contributed by atoms with Crippen molar-refractivity contribution in [1.29, 1.82) is 0 Å². The minimum Gasteiger partial charge on any atom is -0.349 e. The summed E-state index contributed by atoms with van der Waals surface area (Å²) in [6.07, 6.45) is 0. The van der Waals surface area contributed by atoms with Gasteiger partial charge in [0.1, 0.15) is 11.0 Å². The molecule has 1 amide bonds. The fourth-order valence-corrected chi connectivity index (χ4v) is 6.16. The van der Waals surface area contributed by atoms with E-state index in [1.807, 2.05) is 75.4 Å². The number of aromatic nitrogens is 4. The van der Waals surface area contributed by atoms with Crippen molar-refractivity contribution in [3.8, 4) is 5.69 Å². The number of hydrogen-bond acceptors (Lipinski definition) is 6. The molecule has 3 heterocycles. The van der Waals surface area contributed by atoms with Crippen molar-refractivity contribution in [2.24, 2.45) is 0 Å². The molecule has 3 aromatic heterocycles. The summed E-state index contributed by atoms with van der Waals surface area (Å²) in [6, 6.07) is 19.7. The number of aromatic amines is 1. The van der Waals surface area contributed by atoms with Gasteiger partial charge in [-0.25, -0.2) is 9.97 Å². The predicted molar refractivity (Wildman–Crippen MR) is 152 cm³/mol. The molecule has 9 heteroatoms. The normalized spacial score (nSPS) is 11.5. The summed E-state index contributed by atoms with van der Waals surface area (Å²) in [4.78, 5) is 39.4. The number of H-pyrrole nitrogens is 1. The third-order valence-corrected chi connectivity index (χ3v) is 8.09. The Hall–Kier alpha value is -3.95. The molecule has 2 N–H and O–H groups in total. The van der Waals surface area contributed by atoms with Gasteiger partial charge in [-0.2, -0.15) is 0 Å². The summed E-state index contributed by atoms with van der Waals surface area (Å²) in [5, 5.41) is 4.80. The zero-order valence-corrected chi connectivity index (χ0v) is 22.1. The van der Waals surface area contributed by atoms with Crippen molar-refractivity contribution in [2.45, 2.75) is 25.9 Å². The van der Waals surface area contributed by atoms with E-state index in [4.69, 9.17) is 4.98 Å². The monoisotopic (exact) mass is 525 g/mol. The van der Waals surface area contributed by atoms with E-state index >= 15 is 0 Å². The van der Waals surface area contributed by atoms with E-state index in [9.17, 15) is 9.59 Å². The number of rotatable bonds is 5. The van der Waals surface area contributed by atoms with Gasteiger partial charge in [0.05, 0.1) is 21.7 Å². The Kier molecular flexibility index (Phi) is 5.81. The van der Waals surface area contributed by atoms with Gasteiger partial charge in [-0.15, -0.1) is 0 Å². The Balaban J connectivity index is 1.39. The molecule has 0 aliphatic heterocycles. The van der Waals surface area contributed by atoms with Crippen LogP contribution in [0.1, 0.15) is 16.7 Å². The number of amides is 1. The lowest BCUT2D eigenvalue weighted by Gasteiger charge is -2.15. The van der Waals surface area contributed by atoms with E-state index in [1.165, 1.54) is 23.1 Å². The minimum atomic E-state index is -0.207. The molecule has 0 bridgehead atoms. The highest BCUT2D eigenvalue weighted by molar-refractivity contribution is 7.99. The molecule has 7 nitrogen and oxygen atoms in total. The maximum Gasteiger partial charge on any atom is 0.283 e. The van der Waals surface area contributed by atoms with Crippen molar-refractivity contribution in [1.82, 2.24) is 19.5 Å². The minimum absolute atomic E-state index is 0.0835. The SMILES string of the molecule is Cc1ccc(C)c(-n2c(SCC(=O)Nc3nc4ccc(C)cc4s3)nc3c([nH]c4ccccc43)c2=O)c1. The second-order valence-corrected chi connectivity index (χ2v) is 11.0. The van der Waals surface area contributed by atoms with Crippen LogP contribution in [0.2, 0.25) is 0 Å². The van der Waals surface area contributed by atoms with Gasteiger partial charge in [-0.3, -0.25) is 14.2 Å². The molecule has 37 heavy (non-hydrogen) atoms. The molecule has 3 aromatic carbocycles. The van der Waals surface area contributed by atoms with Crippen molar-refractivity contribution in [3.05, 3.63) is 87.7 Å². The number of para-hydroxylation sites is 1. The predicted octanol–water partition coefficient (Wildman–Crippen LogP) is 6.13. The standard InChI is InChI=1S/C28H23N5O2S2/c1-15-8-10-17(3)21(12-15)33-26(35)25-24(18-6-4-5-7-19(18)29-25)32-28(33)36-14-23(34)31-27-30-20-11-9-16(2)13-22(20)37-27/h4-13,29H,14H2,1-3H3,(H,30,31,34). The van der Waals surface area contributed by atoms with E-state index in [1.54, 1.807) is 4.57 Å². The molecule has 0 spiro atoms. The molecule has 0 atom stereocenters. The van der Waals surface area contributed by atoms with E-state index in [0.717, 1.165) is 43.5 Å². The van der Waals surface area contributed by atoms with Gasteiger partial charge < -0.3 is 10.3 Å². The number of carbonyl (C=O) groups excluding carboxylic acids is 1. The summed E-state index contributed by atoms with van der Waals surface area (Å²) in [6.45, 7) is 5.98. The van der Waals surface area contributed by atoms with Crippen LogP contribution in [0.15, 0.2) is 70.6 Å². The molecule has 6 rings (SSSR count). The van der Waals surface area contributed by atoms with E-state index in [0.29, 0.717) is 21.3 Å². The van der Waals surface area contributed by atoms with Gasteiger partial charge >= 0.3 is 0 Å². The number of nitrogens with one attached hydrogen (secondary N) is 2. The Morgan fingerprint density at radius 2 is 1.81 bits per heavy atom. The van der Waals surface area contributed by atoms with Gasteiger partial charge in [0.2, 0.25) is 5.91 Å². The van der Waals surface area contributed by atoms with E-state index < -0.39 is 0 Å². The van der Waals surface area contributed by atoms with Crippen LogP contribution in [-0.2, 0) is 4.79 Å². The van der Waals surface area contributed by atoms with Crippen LogP contribution in [0.5, 0.6) is 0 Å². The fraction of sp³-hybridized carbons (Fsp3) is 0.143. The maximum atomic E-state index is 13.8. The Labute approximate surface area is 220 Å². The third-order valence-electron chi connectivity index (χ3n) is 6.22. The van der Waals surface area contributed by atoms with Crippen LogP contribution in [0.4, 0.5) is 5.13 Å².